The third kappa shape index (κ3) is 3.30. The smallest absolute Gasteiger partial charge is 0.263 e. The first kappa shape index (κ1) is 18.0. The van der Waals surface area contributed by atoms with Gasteiger partial charge < -0.3 is 9.64 Å². The van der Waals surface area contributed by atoms with E-state index in [0.29, 0.717) is 24.1 Å². The van der Waals surface area contributed by atoms with Crippen molar-refractivity contribution in [2.75, 3.05) is 32.6 Å². The average Bonchev–Trinajstić information content (AvgIpc) is 3.35. The molecule has 0 saturated carbocycles. The van der Waals surface area contributed by atoms with Crippen LogP contribution < -0.4 is 5.56 Å². The van der Waals surface area contributed by atoms with Crippen molar-refractivity contribution in [3.05, 3.63) is 20.8 Å². The highest BCUT2D eigenvalue weighted by atomic mass is 32.2. The minimum atomic E-state index is 0.0163. The fourth-order valence-electron chi connectivity index (χ4n) is 3.73. The van der Waals surface area contributed by atoms with Crippen LogP contribution in [0.2, 0.25) is 0 Å². The summed E-state index contributed by atoms with van der Waals surface area (Å²) in [5, 5.41) is 1.42. The monoisotopic (exact) mass is 393 g/mol. The van der Waals surface area contributed by atoms with Crippen LogP contribution in [0, 0.1) is 0 Å². The Balaban J connectivity index is 1.65. The van der Waals surface area contributed by atoms with Gasteiger partial charge in [0.15, 0.2) is 5.16 Å². The van der Waals surface area contributed by atoms with Gasteiger partial charge in [-0.05, 0) is 37.7 Å². The summed E-state index contributed by atoms with van der Waals surface area (Å²) in [7, 11) is 1.63. The van der Waals surface area contributed by atoms with Gasteiger partial charge in [0.05, 0.1) is 24.3 Å². The van der Waals surface area contributed by atoms with Crippen LogP contribution in [0.3, 0.4) is 0 Å². The van der Waals surface area contributed by atoms with E-state index in [0.717, 1.165) is 55.4 Å². The lowest BCUT2D eigenvalue weighted by Crippen LogP contribution is -2.30. The maximum Gasteiger partial charge on any atom is 0.263 e. The molecule has 140 valence electrons. The van der Waals surface area contributed by atoms with Gasteiger partial charge in [-0.1, -0.05) is 11.8 Å². The number of thiophene rings is 1. The van der Waals surface area contributed by atoms with Gasteiger partial charge in [0, 0.05) is 25.1 Å². The highest BCUT2D eigenvalue weighted by Gasteiger charge is 2.24. The second-order valence-corrected chi connectivity index (χ2v) is 8.78. The van der Waals surface area contributed by atoms with E-state index in [2.05, 4.69) is 0 Å². The average molecular weight is 394 g/mol. The molecule has 0 N–H and O–H groups in total. The molecule has 1 saturated heterocycles. The van der Waals surface area contributed by atoms with E-state index in [9.17, 15) is 9.59 Å². The second kappa shape index (κ2) is 7.70. The third-order valence-corrected chi connectivity index (χ3v) is 7.24. The number of hydrogen-bond donors (Lipinski definition) is 0. The molecule has 26 heavy (non-hydrogen) atoms. The van der Waals surface area contributed by atoms with Crippen molar-refractivity contribution in [3.8, 4) is 0 Å². The van der Waals surface area contributed by atoms with Gasteiger partial charge >= 0.3 is 0 Å². The summed E-state index contributed by atoms with van der Waals surface area (Å²) in [5.41, 5.74) is 1.21. The van der Waals surface area contributed by atoms with E-state index >= 15 is 0 Å². The van der Waals surface area contributed by atoms with Gasteiger partial charge in [-0.3, -0.25) is 14.2 Å². The van der Waals surface area contributed by atoms with E-state index in [4.69, 9.17) is 9.72 Å². The van der Waals surface area contributed by atoms with Crippen LogP contribution in [0.25, 0.3) is 10.2 Å². The predicted molar refractivity (Wildman–Crippen MR) is 104 cm³/mol. The zero-order valence-corrected chi connectivity index (χ0v) is 16.6. The summed E-state index contributed by atoms with van der Waals surface area (Å²) in [5.74, 6) is 0.463. The van der Waals surface area contributed by atoms with Crippen LogP contribution in [0.15, 0.2) is 9.95 Å². The summed E-state index contributed by atoms with van der Waals surface area (Å²) in [6.45, 7) is 2.61. The molecule has 4 rings (SSSR count). The number of carbonyl (C=O) groups is 1. The summed E-state index contributed by atoms with van der Waals surface area (Å²) in [4.78, 5) is 34.3. The Morgan fingerprint density at radius 2 is 2.08 bits per heavy atom. The van der Waals surface area contributed by atoms with Crippen molar-refractivity contribution in [2.45, 2.75) is 43.8 Å². The summed E-state index contributed by atoms with van der Waals surface area (Å²) >= 11 is 3.02. The van der Waals surface area contributed by atoms with Gasteiger partial charge in [0.1, 0.15) is 4.83 Å². The number of likely N-dealkylation sites (tertiary alicyclic amines) is 1. The van der Waals surface area contributed by atoms with Crippen molar-refractivity contribution in [1.29, 1.82) is 0 Å². The van der Waals surface area contributed by atoms with Gasteiger partial charge in [-0.25, -0.2) is 4.98 Å². The molecule has 3 heterocycles. The molecular weight excluding hydrogens is 370 g/mol. The molecule has 0 unspecified atom stereocenters. The summed E-state index contributed by atoms with van der Waals surface area (Å²) < 4.78 is 6.87. The molecule has 2 aliphatic rings. The first-order valence-electron chi connectivity index (χ1n) is 9.13. The van der Waals surface area contributed by atoms with E-state index in [1.54, 1.807) is 23.0 Å². The molecule has 1 aliphatic carbocycles. The zero-order chi connectivity index (χ0) is 18.1. The first-order valence-corrected chi connectivity index (χ1v) is 10.9. The Bertz CT molecular complexity index is 884. The fourth-order valence-corrected chi connectivity index (χ4v) is 5.96. The van der Waals surface area contributed by atoms with Gasteiger partial charge in [-0.2, -0.15) is 0 Å². The van der Waals surface area contributed by atoms with Gasteiger partial charge in [0.25, 0.3) is 5.56 Å². The number of rotatable bonds is 6. The van der Waals surface area contributed by atoms with E-state index in [1.807, 2.05) is 4.90 Å². The summed E-state index contributed by atoms with van der Waals surface area (Å²) in [6, 6.07) is 0. The molecule has 1 amide bonds. The normalized spacial score (nSPS) is 16.6. The van der Waals surface area contributed by atoms with Crippen LogP contribution in [-0.4, -0.2) is 52.9 Å². The maximum absolute atomic E-state index is 13.1. The topological polar surface area (TPSA) is 64.4 Å². The molecule has 2 aromatic rings. The number of amides is 1. The van der Waals surface area contributed by atoms with Crippen molar-refractivity contribution in [3.63, 3.8) is 0 Å². The number of fused-ring (bicyclic) bond motifs is 3. The molecule has 1 aliphatic heterocycles. The molecule has 0 bridgehead atoms. The summed E-state index contributed by atoms with van der Waals surface area (Å²) in [6.07, 6.45) is 5.30. The largest absolute Gasteiger partial charge is 0.383 e. The van der Waals surface area contributed by atoms with E-state index in [1.165, 1.54) is 22.2 Å². The lowest BCUT2D eigenvalue weighted by atomic mass is 10.2. The fraction of sp³-hybridized carbons (Fsp3) is 0.611. The minimum absolute atomic E-state index is 0.0163. The highest BCUT2D eigenvalue weighted by molar-refractivity contribution is 7.99. The number of carbonyl (C=O) groups excluding carboxylic acids is 1. The van der Waals surface area contributed by atoms with E-state index < -0.39 is 0 Å². The lowest BCUT2D eigenvalue weighted by Gasteiger charge is -2.16. The Morgan fingerprint density at radius 3 is 2.85 bits per heavy atom. The Kier molecular flexibility index (Phi) is 5.33. The van der Waals surface area contributed by atoms with Crippen LogP contribution in [-0.2, 0) is 28.9 Å². The van der Waals surface area contributed by atoms with Crippen LogP contribution in [0.5, 0.6) is 0 Å². The number of aromatic nitrogens is 2. The minimum Gasteiger partial charge on any atom is -0.383 e. The molecule has 1 fully saturated rings. The highest BCUT2D eigenvalue weighted by Crippen LogP contribution is 2.35. The number of methoxy groups -OCH3 is 1. The molecule has 6 nitrogen and oxygen atoms in total. The number of ether oxygens (including phenoxy) is 1. The molecule has 8 heteroatoms. The van der Waals surface area contributed by atoms with Crippen molar-refractivity contribution < 1.29 is 9.53 Å². The molecule has 0 spiro atoms. The molecule has 0 atom stereocenters. The second-order valence-electron chi connectivity index (χ2n) is 6.76. The number of aryl methyl sites for hydroxylation is 2. The molecular formula is C18H23N3O3S2. The predicted octanol–water partition coefficient (Wildman–Crippen LogP) is 2.31. The van der Waals surface area contributed by atoms with Crippen molar-refractivity contribution in [1.82, 2.24) is 14.5 Å². The Hall–Kier alpha value is -1.38. The quantitative estimate of drug-likeness (QED) is 0.557. The van der Waals surface area contributed by atoms with Crippen molar-refractivity contribution in [2.24, 2.45) is 0 Å². The Morgan fingerprint density at radius 1 is 1.27 bits per heavy atom. The molecule has 0 aromatic carbocycles. The number of thioether (sulfide) groups is 1. The maximum atomic E-state index is 13.1. The van der Waals surface area contributed by atoms with E-state index in [-0.39, 0.29) is 11.5 Å². The molecule has 2 aromatic heterocycles. The van der Waals surface area contributed by atoms with Crippen LogP contribution >= 0.6 is 23.1 Å². The number of nitrogens with zero attached hydrogens (tertiary/aromatic N) is 3. The van der Waals surface area contributed by atoms with Crippen LogP contribution in [0.4, 0.5) is 0 Å². The van der Waals surface area contributed by atoms with Crippen molar-refractivity contribution >= 4 is 39.2 Å². The van der Waals surface area contributed by atoms with Crippen LogP contribution in [0.1, 0.15) is 29.7 Å². The third-order valence-electron chi connectivity index (χ3n) is 5.09. The first-order chi connectivity index (χ1) is 12.7. The Labute approximate surface area is 160 Å². The zero-order valence-electron chi connectivity index (χ0n) is 15.0. The van der Waals surface area contributed by atoms with Gasteiger partial charge in [0.2, 0.25) is 5.91 Å². The molecule has 0 radical (unpaired) electrons. The lowest BCUT2D eigenvalue weighted by molar-refractivity contribution is -0.127. The van der Waals surface area contributed by atoms with Gasteiger partial charge in [-0.15, -0.1) is 11.3 Å². The number of hydrogen-bond acceptors (Lipinski definition) is 6. The standard InChI is InChI=1S/C18H23N3O3S2/c1-24-10-9-21-17(23)15-12-5-4-6-13(12)26-16(15)19-18(21)25-11-14(22)20-7-2-3-8-20/h2-11H2,1H3. The SMILES string of the molecule is COCCn1c(SCC(=O)N2CCCC2)nc2sc3c(c2c1=O)CCC3.